The number of hydrogen-bond acceptors (Lipinski definition) is 19. The normalized spacial score (nSPS) is 11.8. The van der Waals surface area contributed by atoms with E-state index < -0.39 is 105 Å². The van der Waals surface area contributed by atoms with Gasteiger partial charge in [-0.15, -0.1) is 10.2 Å². The second-order valence-corrected chi connectivity index (χ2v) is 15.4. The van der Waals surface area contributed by atoms with Crippen molar-refractivity contribution in [3.63, 3.8) is 0 Å². The van der Waals surface area contributed by atoms with Gasteiger partial charge in [0.1, 0.15) is 40.9 Å². The third-order valence-electron chi connectivity index (χ3n) is 6.35. The summed E-state index contributed by atoms with van der Waals surface area (Å²) < 4.78 is 140. The van der Waals surface area contributed by atoms with Crippen LogP contribution < -0.4 is 134 Å². The van der Waals surface area contributed by atoms with Crippen LogP contribution in [0.2, 0.25) is 5.28 Å². The SMILES string of the molecule is O=S(=O)([O-])c1ccc(Nc2nc(Cl)nc(Nc3ccc(S(=O)(=O)[O-])c4cc(S(=O)(=O)O)c(N=Nc5ccccc5S(=O)(=O)[O-])c([O-])c34)n2)cc1.[Na+].[Na+].[Na+].[Na+]. The maximum atomic E-state index is 13.9. The van der Waals surface area contributed by atoms with Crippen LogP contribution in [0.1, 0.15) is 0 Å². The molecule has 5 rings (SSSR count). The van der Waals surface area contributed by atoms with Gasteiger partial charge in [0.05, 0.1) is 20.4 Å². The third kappa shape index (κ3) is 12.3. The Kier molecular flexibility index (Phi) is 18.6. The van der Waals surface area contributed by atoms with Crippen LogP contribution in [0.3, 0.4) is 0 Å². The van der Waals surface area contributed by atoms with Gasteiger partial charge in [-0.05, 0) is 66.2 Å². The smallest absolute Gasteiger partial charge is 0.870 e. The predicted molar refractivity (Wildman–Crippen MR) is 166 cm³/mol. The van der Waals surface area contributed by atoms with Gasteiger partial charge in [-0.25, -0.2) is 25.3 Å². The zero-order chi connectivity index (χ0) is 36.8. The van der Waals surface area contributed by atoms with Gasteiger partial charge in [0.15, 0.2) is 0 Å². The minimum absolute atomic E-state index is 0. The summed E-state index contributed by atoms with van der Waals surface area (Å²) in [6.45, 7) is 0. The molecule has 29 heteroatoms. The summed E-state index contributed by atoms with van der Waals surface area (Å²) in [7, 11) is -20.8. The van der Waals surface area contributed by atoms with Crippen LogP contribution in [-0.4, -0.2) is 66.8 Å². The first kappa shape index (κ1) is 51.1. The molecule has 0 spiro atoms. The molecular weight excluding hydrogens is 862 g/mol. The van der Waals surface area contributed by atoms with E-state index in [0.717, 1.165) is 36.4 Å². The number of rotatable bonds is 10. The van der Waals surface area contributed by atoms with Crippen molar-refractivity contribution >= 4 is 97.5 Å². The van der Waals surface area contributed by atoms with Crippen molar-refractivity contribution in [1.82, 2.24) is 15.0 Å². The van der Waals surface area contributed by atoms with Crippen molar-refractivity contribution in [2.75, 3.05) is 10.6 Å². The molecule has 0 fully saturated rings. The second kappa shape index (κ2) is 19.7. The molecule has 0 aliphatic carbocycles. The Bertz CT molecular complexity index is 2700. The first-order chi connectivity index (χ1) is 23.1. The number of aromatic nitrogens is 3. The van der Waals surface area contributed by atoms with Gasteiger partial charge >= 0.3 is 118 Å². The Morgan fingerprint density at radius 1 is 0.648 bits per heavy atom. The molecule has 0 amide bonds. The Morgan fingerprint density at radius 2 is 1.20 bits per heavy atom. The molecule has 262 valence electrons. The summed E-state index contributed by atoms with van der Waals surface area (Å²) in [6.07, 6.45) is 0. The Morgan fingerprint density at radius 3 is 1.74 bits per heavy atom. The van der Waals surface area contributed by atoms with E-state index in [0.29, 0.717) is 12.1 Å². The van der Waals surface area contributed by atoms with Gasteiger partial charge in [0, 0.05) is 22.1 Å². The van der Waals surface area contributed by atoms with Gasteiger partial charge in [-0.2, -0.15) is 23.4 Å². The number of fused-ring (bicyclic) bond motifs is 1. The largest absolute Gasteiger partial charge is 1.00 e. The quantitative estimate of drug-likeness (QED) is 0.0666. The van der Waals surface area contributed by atoms with Crippen molar-refractivity contribution in [2.24, 2.45) is 10.2 Å². The van der Waals surface area contributed by atoms with Gasteiger partial charge in [-0.1, -0.05) is 17.9 Å². The molecule has 1 heterocycles. The van der Waals surface area contributed by atoms with Crippen LogP contribution in [0.4, 0.5) is 34.6 Å². The first-order valence-corrected chi connectivity index (χ1v) is 18.9. The molecule has 20 nitrogen and oxygen atoms in total. The molecule has 1 aromatic heterocycles. The number of nitrogens with one attached hydrogen (secondary N) is 2. The van der Waals surface area contributed by atoms with Crippen molar-refractivity contribution < 1.29 is 175 Å². The molecule has 0 aliphatic heterocycles. The fraction of sp³-hybridized carbons (Fsp3) is 0. The topological polar surface area (TPSA) is 336 Å². The van der Waals surface area contributed by atoms with Crippen LogP contribution in [0.25, 0.3) is 10.8 Å². The standard InChI is InChI=1S/C25H18ClN7O13S4.4Na/c26-23-29-24(27-12-5-7-13(8-6-12)47(35,36)37)31-25(30-23)28-16-9-10-17(48(38,39)40)14-11-19(50(44,45)46)21(22(34)20(14)16)33-32-15-3-1-2-4-18(15)49(41,42)43;;;;/h1-11,34H,(H,35,36,37)(H,38,39,40)(H,41,42,43)(H,44,45,46)(H2,27,28,29,30,31);;;;/q;4*+1/p-4. The first-order valence-electron chi connectivity index (χ1n) is 12.9. The van der Waals surface area contributed by atoms with Crippen LogP contribution in [-0.2, 0) is 40.5 Å². The summed E-state index contributed by atoms with van der Waals surface area (Å²) in [4.78, 5) is 7.83. The van der Waals surface area contributed by atoms with Crippen molar-refractivity contribution in [3.8, 4) is 5.75 Å². The summed E-state index contributed by atoms with van der Waals surface area (Å²) in [6, 6.07) is 10.6. The fourth-order valence-electron chi connectivity index (χ4n) is 4.30. The van der Waals surface area contributed by atoms with E-state index >= 15 is 0 Å². The van der Waals surface area contributed by atoms with E-state index in [1.165, 1.54) is 18.2 Å². The number of azo groups is 1. The molecule has 0 saturated carbocycles. The monoisotopic (exact) mass is 875 g/mol. The zero-order valence-corrected chi connectivity index (χ0v) is 40.0. The summed E-state index contributed by atoms with van der Waals surface area (Å²) in [5.41, 5.74) is -2.05. The van der Waals surface area contributed by atoms with Crippen LogP contribution in [0, 0.1) is 0 Å². The molecule has 0 bridgehead atoms. The summed E-state index contributed by atoms with van der Waals surface area (Å²) >= 11 is 6.01. The Hall–Kier alpha value is -0.920. The minimum Gasteiger partial charge on any atom is -0.870 e. The summed E-state index contributed by atoms with van der Waals surface area (Å²) in [5, 5.41) is 24.0. The second-order valence-electron chi connectivity index (χ2n) is 9.62. The van der Waals surface area contributed by atoms with Gasteiger partial charge in [-0.3, -0.25) is 4.55 Å². The van der Waals surface area contributed by atoms with Gasteiger partial charge in [0.2, 0.25) is 17.2 Å². The molecule has 54 heavy (non-hydrogen) atoms. The number of halogens is 1. The third-order valence-corrected chi connectivity index (χ3v) is 10.0. The molecular formula is C25H14ClN7Na4O13S4. The maximum Gasteiger partial charge on any atom is 1.00 e. The average Bonchev–Trinajstić information content (AvgIpc) is 2.98. The molecule has 0 unspecified atom stereocenters. The van der Waals surface area contributed by atoms with E-state index in [1.54, 1.807) is 0 Å². The molecule has 0 atom stereocenters. The molecule has 0 aliphatic rings. The number of hydrogen-bond donors (Lipinski definition) is 3. The van der Waals surface area contributed by atoms with Crippen LogP contribution >= 0.6 is 11.6 Å². The van der Waals surface area contributed by atoms with E-state index in [9.17, 15) is 57.0 Å². The zero-order valence-electron chi connectivity index (χ0n) is 27.9. The number of benzene rings is 4. The van der Waals surface area contributed by atoms with E-state index in [1.807, 2.05) is 0 Å². The van der Waals surface area contributed by atoms with E-state index in [-0.39, 0.29) is 130 Å². The molecule has 0 saturated heterocycles. The molecule has 0 radical (unpaired) electrons. The molecule has 5 aromatic rings. The summed E-state index contributed by atoms with van der Waals surface area (Å²) in [5.74, 6) is -2.20. The van der Waals surface area contributed by atoms with Crippen molar-refractivity contribution in [2.45, 2.75) is 19.6 Å². The maximum absolute atomic E-state index is 13.9. The van der Waals surface area contributed by atoms with E-state index in [2.05, 4.69) is 35.8 Å². The minimum atomic E-state index is -5.44. The van der Waals surface area contributed by atoms with Crippen molar-refractivity contribution in [1.29, 1.82) is 0 Å². The number of nitrogens with zero attached hydrogens (tertiary/aromatic N) is 5. The van der Waals surface area contributed by atoms with Crippen molar-refractivity contribution in [3.05, 3.63) is 72.0 Å². The Balaban J connectivity index is 0.00000364. The average molecular weight is 876 g/mol. The van der Waals surface area contributed by atoms with E-state index in [4.69, 9.17) is 11.6 Å². The molecule has 4 aromatic carbocycles. The van der Waals surface area contributed by atoms with Gasteiger partial charge in [0.25, 0.3) is 10.1 Å². The van der Waals surface area contributed by atoms with Crippen LogP contribution in [0.5, 0.6) is 5.75 Å². The fourth-order valence-corrected chi connectivity index (χ4v) is 6.85. The Labute approximate surface area is 400 Å². The van der Waals surface area contributed by atoms with Gasteiger partial charge < -0.3 is 29.4 Å². The predicted octanol–water partition coefficient (Wildman–Crippen LogP) is -9.37. The molecule has 3 N–H and O–H groups in total. The van der Waals surface area contributed by atoms with Crippen LogP contribution in [0.15, 0.2) is 96.5 Å². The number of anilines is 4.